The topological polar surface area (TPSA) is 38.9 Å². The number of para-hydroxylation sites is 1. The maximum atomic E-state index is 6.69. The monoisotopic (exact) mass is 760 g/mol. The lowest BCUT2D eigenvalue weighted by atomic mass is 9.63. The molecule has 0 bridgehead atoms. The first-order chi connectivity index (χ1) is 28.7. The highest BCUT2D eigenvalue weighted by molar-refractivity contribution is 6.14. The van der Waals surface area contributed by atoms with Crippen LogP contribution in [0, 0.1) is 0 Å². The van der Waals surface area contributed by atoms with Crippen molar-refractivity contribution in [1.29, 1.82) is 0 Å². The van der Waals surface area contributed by atoms with E-state index in [2.05, 4.69) is 191 Å². The third kappa shape index (κ3) is 6.03. The molecule has 0 unspecified atom stereocenters. The van der Waals surface area contributed by atoms with Gasteiger partial charge in [0.05, 0.1) is 11.4 Å². The summed E-state index contributed by atoms with van der Waals surface area (Å²) < 4.78 is 6.69. The Bertz CT molecular complexity index is 3260. The van der Waals surface area contributed by atoms with E-state index in [1.54, 1.807) is 0 Å². The van der Waals surface area contributed by atoms with Gasteiger partial charge >= 0.3 is 0 Å². The molecule has 1 aliphatic rings. The molecule has 0 spiro atoms. The molecule has 3 heteroatoms. The van der Waals surface area contributed by atoms with Crippen LogP contribution in [0.3, 0.4) is 0 Å². The van der Waals surface area contributed by atoms with E-state index in [9.17, 15) is 0 Å². The van der Waals surface area contributed by atoms with Crippen LogP contribution in [0.2, 0.25) is 0 Å². The SMILES string of the molecule is CC1(C)CCC(C)(C)c2cc(-c3cc(-c4cc(-c5ccc6ccc7ccccc7c6c5)nc(-c5ccc(-c6ccccc6)cc5)n4)c4c(c3)oc3ccccc34)ccc21. The third-order valence-corrected chi connectivity index (χ3v) is 13.0. The molecule has 0 aliphatic heterocycles. The van der Waals surface area contributed by atoms with Crippen molar-refractivity contribution in [3.05, 3.63) is 181 Å². The lowest BCUT2D eigenvalue weighted by Gasteiger charge is -2.42. The van der Waals surface area contributed by atoms with Gasteiger partial charge in [0, 0.05) is 27.5 Å². The summed E-state index contributed by atoms with van der Waals surface area (Å²) >= 11 is 0. The molecule has 8 aromatic carbocycles. The molecule has 59 heavy (non-hydrogen) atoms. The molecular formula is C56H44N2O. The molecule has 0 atom stereocenters. The largest absolute Gasteiger partial charge is 0.456 e. The van der Waals surface area contributed by atoms with Gasteiger partial charge in [-0.3, -0.25) is 0 Å². The minimum absolute atomic E-state index is 0.0882. The maximum absolute atomic E-state index is 6.69. The normalized spacial score (nSPS) is 14.6. The molecule has 0 fully saturated rings. The molecule has 0 N–H and O–H groups in total. The highest BCUT2D eigenvalue weighted by Gasteiger charge is 2.37. The fourth-order valence-electron chi connectivity index (χ4n) is 9.46. The predicted molar refractivity (Wildman–Crippen MR) is 247 cm³/mol. The predicted octanol–water partition coefficient (Wildman–Crippen LogP) is 15.4. The number of nitrogens with zero attached hydrogens (tertiary/aromatic N) is 2. The first-order valence-electron chi connectivity index (χ1n) is 20.8. The molecular weight excluding hydrogens is 717 g/mol. The molecule has 0 saturated carbocycles. The average molecular weight is 761 g/mol. The minimum Gasteiger partial charge on any atom is -0.456 e. The highest BCUT2D eigenvalue weighted by atomic mass is 16.3. The van der Waals surface area contributed by atoms with Crippen LogP contribution in [0.4, 0.5) is 0 Å². The zero-order valence-electron chi connectivity index (χ0n) is 33.9. The fourth-order valence-corrected chi connectivity index (χ4v) is 9.46. The number of hydrogen-bond acceptors (Lipinski definition) is 3. The fraction of sp³-hybridized carbons (Fsp3) is 0.143. The average Bonchev–Trinajstić information content (AvgIpc) is 3.66. The van der Waals surface area contributed by atoms with Crippen molar-refractivity contribution in [1.82, 2.24) is 9.97 Å². The van der Waals surface area contributed by atoms with E-state index in [0.29, 0.717) is 5.82 Å². The van der Waals surface area contributed by atoms with E-state index in [1.165, 1.54) is 50.2 Å². The Balaban J connectivity index is 1.15. The summed E-state index contributed by atoms with van der Waals surface area (Å²) in [5.74, 6) is 0.680. The molecule has 0 saturated heterocycles. The van der Waals surface area contributed by atoms with Gasteiger partial charge in [0.1, 0.15) is 11.2 Å². The van der Waals surface area contributed by atoms with Crippen LogP contribution in [-0.2, 0) is 10.8 Å². The van der Waals surface area contributed by atoms with Crippen molar-refractivity contribution < 1.29 is 4.42 Å². The van der Waals surface area contributed by atoms with Gasteiger partial charge in [0.2, 0.25) is 0 Å². The van der Waals surface area contributed by atoms with Crippen LogP contribution in [0.15, 0.2) is 174 Å². The standard InChI is InChI=1S/C56H44N2O/c1-55(2)28-29-56(3,4)48-32-40(26-27-47(48)55)42-31-46(53-44-16-10-11-17-51(44)59-52(53)33-42)50-34-49(41-25-22-38-21-20-37-14-8-9-15-43(37)45(38)30-41)57-54(58-50)39-23-18-36(19-24-39)35-12-6-5-7-13-35/h5-27,30-34H,28-29H2,1-4H3. The number of fused-ring (bicyclic) bond motifs is 7. The van der Waals surface area contributed by atoms with Gasteiger partial charge < -0.3 is 4.42 Å². The van der Waals surface area contributed by atoms with E-state index in [4.69, 9.17) is 14.4 Å². The summed E-state index contributed by atoms with van der Waals surface area (Å²) in [7, 11) is 0. The number of rotatable bonds is 5. The number of aromatic nitrogens is 2. The second kappa shape index (κ2) is 13.4. The summed E-state index contributed by atoms with van der Waals surface area (Å²) in [6.45, 7) is 9.56. The van der Waals surface area contributed by atoms with Gasteiger partial charge in [-0.2, -0.15) is 0 Å². The van der Waals surface area contributed by atoms with Gasteiger partial charge in [-0.1, -0.05) is 167 Å². The minimum atomic E-state index is 0.0882. The van der Waals surface area contributed by atoms with Gasteiger partial charge in [0.15, 0.2) is 5.82 Å². The number of hydrogen-bond donors (Lipinski definition) is 0. The summed E-state index contributed by atoms with van der Waals surface area (Å²) in [5, 5.41) is 6.99. The van der Waals surface area contributed by atoms with Gasteiger partial charge in [-0.05, 0) is 109 Å². The van der Waals surface area contributed by atoms with Crippen LogP contribution >= 0.6 is 0 Å². The van der Waals surface area contributed by atoms with Crippen LogP contribution in [0.25, 0.3) is 99.6 Å². The Kier molecular flexibility index (Phi) is 8.00. The van der Waals surface area contributed by atoms with E-state index < -0.39 is 0 Å². The highest BCUT2D eigenvalue weighted by Crippen LogP contribution is 2.48. The molecule has 10 aromatic rings. The Morgan fingerprint density at radius 2 is 1.02 bits per heavy atom. The summed E-state index contributed by atoms with van der Waals surface area (Å²) in [5.41, 5.74) is 14.2. The van der Waals surface area contributed by atoms with Gasteiger partial charge in [0.25, 0.3) is 0 Å². The summed E-state index contributed by atoms with van der Waals surface area (Å²) in [6.07, 6.45) is 2.34. The van der Waals surface area contributed by atoms with Crippen LogP contribution < -0.4 is 0 Å². The molecule has 0 radical (unpaired) electrons. The second-order valence-corrected chi connectivity index (χ2v) is 17.7. The van der Waals surface area contributed by atoms with Crippen molar-refractivity contribution in [3.63, 3.8) is 0 Å². The van der Waals surface area contributed by atoms with Crippen molar-refractivity contribution in [2.75, 3.05) is 0 Å². The molecule has 284 valence electrons. The third-order valence-electron chi connectivity index (χ3n) is 13.0. The lowest BCUT2D eigenvalue weighted by Crippen LogP contribution is -2.33. The molecule has 0 amide bonds. The zero-order valence-corrected chi connectivity index (χ0v) is 33.9. The Morgan fingerprint density at radius 1 is 0.407 bits per heavy atom. The summed E-state index contributed by atoms with van der Waals surface area (Å²) in [4.78, 5) is 10.8. The van der Waals surface area contributed by atoms with Gasteiger partial charge in [-0.15, -0.1) is 0 Å². The zero-order chi connectivity index (χ0) is 39.9. The summed E-state index contributed by atoms with van der Waals surface area (Å²) in [6, 6.07) is 61.1. The maximum Gasteiger partial charge on any atom is 0.160 e. The van der Waals surface area contributed by atoms with E-state index in [0.717, 1.165) is 67.6 Å². The Morgan fingerprint density at radius 3 is 1.83 bits per heavy atom. The molecule has 3 nitrogen and oxygen atoms in total. The quantitative estimate of drug-likeness (QED) is 0.164. The Hall–Kier alpha value is -6.84. The van der Waals surface area contributed by atoms with Crippen molar-refractivity contribution in [2.24, 2.45) is 0 Å². The first-order valence-corrected chi connectivity index (χ1v) is 20.8. The number of benzene rings is 8. The second-order valence-electron chi connectivity index (χ2n) is 17.7. The molecule has 1 aliphatic carbocycles. The lowest BCUT2D eigenvalue weighted by molar-refractivity contribution is 0.332. The molecule has 2 heterocycles. The van der Waals surface area contributed by atoms with E-state index in [-0.39, 0.29) is 10.8 Å². The van der Waals surface area contributed by atoms with E-state index in [1.807, 2.05) is 6.07 Å². The van der Waals surface area contributed by atoms with Gasteiger partial charge in [-0.25, -0.2) is 9.97 Å². The van der Waals surface area contributed by atoms with Crippen molar-refractivity contribution >= 4 is 43.5 Å². The van der Waals surface area contributed by atoms with Crippen LogP contribution in [0.1, 0.15) is 51.7 Å². The van der Waals surface area contributed by atoms with Crippen molar-refractivity contribution in [2.45, 2.75) is 51.4 Å². The van der Waals surface area contributed by atoms with E-state index >= 15 is 0 Å². The smallest absolute Gasteiger partial charge is 0.160 e. The number of furan rings is 1. The van der Waals surface area contributed by atoms with Crippen molar-refractivity contribution in [3.8, 4) is 56.2 Å². The first kappa shape index (κ1) is 35.3. The molecule has 2 aromatic heterocycles. The Labute approximate surface area is 345 Å². The van der Waals surface area contributed by atoms with Crippen LogP contribution in [0.5, 0.6) is 0 Å². The molecule has 11 rings (SSSR count). The van der Waals surface area contributed by atoms with Crippen LogP contribution in [-0.4, -0.2) is 9.97 Å².